The van der Waals surface area contributed by atoms with Gasteiger partial charge in [-0.25, -0.2) is 0 Å². The van der Waals surface area contributed by atoms with Crippen LogP contribution in [0.4, 0.5) is 19.0 Å². The minimum absolute atomic E-state index is 0.139. The fourth-order valence-electron chi connectivity index (χ4n) is 0.979. The molecule has 1 heterocycles. The predicted molar refractivity (Wildman–Crippen MR) is 47.1 cm³/mol. The van der Waals surface area contributed by atoms with Crippen molar-refractivity contribution in [1.29, 1.82) is 0 Å². The van der Waals surface area contributed by atoms with Crippen LogP contribution in [0.1, 0.15) is 12.1 Å². The Morgan fingerprint density at radius 1 is 1.50 bits per heavy atom. The van der Waals surface area contributed by atoms with E-state index >= 15 is 0 Å². The van der Waals surface area contributed by atoms with Crippen LogP contribution in [0.2, 0.25) is 0 Å². The van der Waals surface area contributed by atoms with Crippen molar-refractivity contribution in [2.45, 2.75) is 19.5 Å². The van der Waals surface area contributed by atoms with Crippen LogP contribution in [-0.2, 0) is 7.05 Å². The SMILES string of the molecule is Cc1cc(NCCC(F)(F)F)nn1C. The van der Waals surface area contributed by atoms with Gasteiger partial charge in [-0.15, -0.1) is 0 Å². The van der Waals surface area contributed by atoms with Crippen molar-refractivity contribution in [2.75, 3.05) is 11.9 Å². The third-order valence-corrected chi connectivity index (χ3v) is 1.83. The summed E-state index contributed by atoms with van der Waals surface area (Å²) >= 11 is 0. The second-order valence-electron chi connectivity index (χ2n) is 3.09. The lowest BCUT2D eigenvalue weighted by Gasteiger charge is -2.05. The Labute approximate surface area is 79.9 Å². The Balaban J connectivity index is 2.39. The van der Waals surface area contributed by atoms with Crippen LogP contribution >= 0.6 is 0 Å². The summed E-state index contributed by atoms with van der Waals surface area (Å²) < 4.78 is 36.9. The van der Waals surface area contributed by atoms with Crippen molar-refractivity contribution in [2.24, 2.45) is 7.05 Å². The molecule has 6 heteroatoms. The number of alkyl halides is 3. The van der Waals surface area contributed by atoms with Gasteiger partial charge in [0.2, 0.25) is 0 Å². The topological polar surface area (TPSA) is 29.9 Å². The molecular formula is C8H12F3N3. The molecule has 80 valence electrons. The summed E-state index contributed by atoms with van der Waals surface area (Å²) in [7, 11) is 1.74. The summed E-state index contributed by atoms with van der Waals surface area (Å²) in [6, 6.07) is 1.70. The van der Waals surface area contributed by atoms with Gasteiger partial charge in [0, 0.05) is 25.4 Å². The molecule has 0 unspecified atom stereocenters. The average molecular weight is 207 g/mol. The summed E-state index contributed by atoms with van der Waals surface area (Å²) in [6.45, 7) is 1.70. The molecule has 0 radical (unpaired) electrons. The number of hydrogen-bond donors (Lipinski definition) is 1. The number of nitrogens with one attached hydrogen (secondary N) is 1. The first kappa shape index (κ1) is 10.9. The molecule has 0 aromatic carbocycles. The van der Waals surface area contributed by atoms with Crippen molar-refractivity contribution >= 4 is 5.82 Å². The van der Waals surface area contributed by atoms with E-state index in [4.69, 9.17) is 0 Å². The van der Waals surface area contributed by atoms with Gasteiger partial charge in [0.1, 0.15) is 5.82 Å². The molecule has 0 spiro atoms. The van der Waals surface area contributed by atoms with Gasteiger partial charge >= 0.3 is 6.18 Å². The lowest BCUT2D eigenvalue weighted by Crippen LogP contribution is -2.14. The number of hydrogen-bond acceptors (Lipinski definition) is 2. The number of aromatic nitrogens is 2. The number of halogens is 3. The summed E-state index contributed by atoms with van der Waals surface area (Å²) in [5.41, 5.74) is 0.902. The zero-order valence-corrected chi connectivity index (χ0v) is 8.02. The quantitative estimate of drug-likeness (QED) is 0.822. The largest absolute Gasteiger partial charge is 0.390 e. The van der Waals surface area contributed by atoms with E-state index in [0.29, 0.717) is 5.82 Å². The number of rotatable bonds is 3. The van der Waals surface area contributed by atoms with Crippen molar-refractivity contribution < 1.29 is 13.2 Å². The molecule has 0 atom stereocenters. The van der Waals surface area contributed by atoms with E-state index < -0.39 is 12.6 Å². The van der Waals surface area contributed by atoms with Crippen molar-refractivity contribution in [3.8, 4) is 0 Å². The molecule has 0 aliphatic heterocycles. The Morgan fingerprint density at radius 2 is 2.14 bits per heavy atom. The van der Waals surface area contributed by atoms with Crippen LogP contribution < -0.4 is 5.32 Å². The fourth-order valence-corrected chi connectivity index (χ4v) is 0.979. The van der Waals surface area contributed by atoms with Crippen LogP contribution in [0.25, 0.3) is 0 Å². The molecule has 0 fully saturated rings. The van der Waals surface area contributed by atoms with Crippen molar-refractivity contribution in [1.82, 2.24) is 9.78 Å². The molecule has 1 aromatic heterocycles. The highest BCUT2D eigenvalue weighted by Gasteiger charge is 2.26. The molecule has 0 saturated carbocycles. The van der Waals surface area contributed by atoms with E-state index in [1.165, 1.54) is 0 Å². The molecule has 0 amide bonds. The Kier molecular flexibility index (Phi) is 3.03. The van der Waals surface area contributed by atoms with Gasteiger partial charge in [-0.05, 0) is 6.92 Å². The summed E-state index contributed by atoms with van der Waals surface area (Å²) in [4.78, 5) is 0. The number of aryl methyl sites for hydroxylation is 2. The summed E-state index contributed by atoms with van der Waals surface area (Å²) in [6.07, 6.45) is -4.96. The minimum Gasteiger partial charge on any atom is -0.368 e. The molecule has 0 aliphatic carbocycles. The van der Waals surface area contributed by atoms with Gasteiger partial charge < -0.3 is 5.32 Å². The molecule has 1 aromatic rings. The highest BCUT2D eigenvalue weighted by Crippen LogP contribution is 2.19. The highest BCUT2D eigenvalue weighted by molar-refractivity contribution is 5.35. The molecular weight excluding hydrogens is 195 g/mol. The lowest BCUT2D eigenvalue weighted by molar-refractivity contribution is -0.131. The summed E-state index contributed by atoms with van der Waals surface area (Å²) in [5.74, 6) is 0.481. The molecule has 0 aliphatic rings. The van der Waals surface area contributed by atoms with Gasteiger partial charge in [0.05, 0.1) is 6.42 Å². The molecule has 1 N–H and O–H groups in total. The number of nitrogens with zero attached hydrogens (tertiary/aromatic N) is 2. The van der Waals surface area contributed by atoms with E-state index in [0.717, 1.165) is 5.69 Å². The second-order valence-corrected chi connectivity index (χ2v) is 3.09. The first-order valence-electron chi connectivity index (χ1n) is 4.20. The standard InChI is InChI=1S/C8H12F3N3/c1-6-5-7(13-14(6)2)12-4-3-8(9,10)11/h5H,3-4H2,1-2H3,(H,12,13). The molecule has 0 saturated heterocycles. The van der Waals surface area contributed by atoms with Crippen LogP contribution in [0.5, 0.6) is 0 Å². The van der Waals surface area contributed by atoms with E-state index in [9.17, 15) is 13.2 Å². The van der Waals surface area contributed by atoms with Gasteiger partial charge in [-0.1, -0.05) is 0 Å². The van der Waals surface area contributed by atoms with Gasteiger partial charge in [-0.2, -0.15) is 18.3 Å². The van der Waals surface area contributed by atoms with Crippen LogP contribution in [0.3, 0.4) is 0 Å². The lowest BCUT2D eigenvalue weighted by atomic mass is 10.4. The Bertz CT molecular complexity index is 284. The maximum Gasteiger partial charge on any atom is 0.390 e. The van der Waals surface area contributed by atoms with Crippen molar-refractivity contribution in [3.05, 3.63) is 11.8 Å². The Morgan fingerprint density at radius 3 is 2.57 bits per heavy atom. The summed E-state index contributed by atoms with van der Waals surface area (Å²) in [5, 5.41) is 6.58. The fraction of sp³-hybridized carbons (Fsp3) is 0.625. The second kappa shape index (κ2) is 3.89. The van der Waals surface area contributed by atoms with Gasteiger partial charge in [0.15, 0.2) is 0 Å². The highest BCUT2D eigenvalue weighted by atomic mass is 19.4. The Hall–Kier alpha value is -1.20. The van der Waals surface area contributed by atoms with E-state index in [-0.39, 0.29) is 6.54 Å². The van der Waals surface area contributed by atoms with E-state index in [1.807, 2.05) is 6.92 Å². The maximum absolute atomic E-state index is 11.8. The normalized spacial score (nSPS) is 11.8. The third kappa shape index (κ3) is 3.27. The molecule has 14 heavy (non-hydrogen) atoms. The third-order valence-electron chi connectivity index (χ3n) is 1.83. The van der Waals surface area contributed by atoms with Gasteiger partial charge in [0.25, 0.3) is 0 Å². The molecule has 3 nitrogen and oxygen atoms in total. The van der Waals surface area contributed by atoms with E-state index in [1.54, 1.807) is 17.8 Å². The first-order valence-corrected chi connectivity index (χ1v) is 4.20. The van der Waals surface area contributed by atoms with E-state index in [2.05, 4.69) is 10.4 Å². The minimum atomic E-state index is -4.11. The maximum atomic E-state index is 11.8. The number of anilines is 1. The van der Waals surface area contributed by atoms with Crippen molar-refractivity contribution in [3.63, 3.8) is 0 Å². The molecule has 0 bridgehead atoms. The van der Waals surface area contributed by atoms with Crippen LogP contribution in [0, 0.1) is 6.92 Å². The average Bonchev–Trinajstić information content (AvgIpc) is 2.28. The smallest absolute Gasteiger partial charge is 0.368 e. The predicted octanol–water partition coefficient (Wildman–Crippen LogP) is 2.09. The van der Waals surface area contributed by atoms with Crippen LogP contribution in [-0.4, -0.2) is 22.5 Å². The zero-order valence-electron chi connectivity index (χ0n) is 8.02. The van der Waals surface area contributed by atoms with Gasteiger partial charge in [-0.3, -0.25) is 4.68 Å². The first-order chi connectivity index (χ1) is 6.38. The van der Waals surface area contributed by atoms with Crippen LogP contribution in [0.15, 0.2) is 6.07 Å². The monoisotopic (exact) mass is 207 g/mol. The zero-order chi connectivity index (χ0) is 10.8. The molecule has 1 rings (SSSR count).